The van der Waals surface area contributed by atoms with E-state index in [0.29, 0.717) is 48.4 Å². The molecule has 3 aromatic heterocycles. The minimum atomic E-state index is -0.785. The van der Waals surface area contributed by atoms with Crippen molar-refractivity contribution in [1.29, 1.82) is 0 Å². The minimum absolute atomic E-state index is 0.0365. The summed E-state index contributed by atoms with van der Waals surface area (Å²) < 4.78 is 42.4. The van der Waals surface area contributed by atoms with Crippen LogP contribution in [0.1, 0.15) is 34.9 Å². The van der Waals surface area contributed by atoms with Gasteiger partial charge < -0.3 is 19.5 Å². The van der Waals surface area contributed by atoms with Gasteiger partial charge in [0.05, 0.1) is 29.7 Å². The number of aliphatic hydroxyl groups is 1. The molecule has 7 nitrogen and oxygen atoms in total. The summed E-state index contributed by atoms with van der Waals surface area (Å²) in [6.45, 7) is 4.83. The van der Waals surface area contributed by atoms with Crippen LogP contribution in [0, 0.1) is 11.6 Å². The molecule has 4 heterocycles. The van der Waals surface area contributed by atoms with E-state index >= 15 is 4.39 Å². The van der Waals surface area contributed by atoms with E-state index in [9.17, 15) is 14.3 Å². The van der Waals surface area contributed by atoms with Crippen molar-refractivity contribution in [2.75, 3.05) is 26.9 Å². The molecule has 5 aromatic rings. The summed E-state index contributed by atoms with van der Waals surface area (Å²) in [5.74, 6) is -1.68. The third-order valence-electron chi connectivity index (χ3n) is 8.69. The number of nitrogens with zero attached hydrogens (tertiary/aromatic N) is 3. The summed E-state index contributed by atoms with van der Waals surface area (Å²) in [5, 5.41) is 13.4. The molecule has 1 unspecified atom stereocenters. The first-order valence-electron chi connectivity index (χ1n) is 15.1. The third kappa shape index (κ3) is 5.36. The lowest BCUT2D eigenvalue weighted by Crippen LogP contribution is -2.35. The molecule has 1 aliphatic heterocycles. The normalized spacial score (nSPS) is 15.6. The number of pyridine rings is 2. The molecule has 0 fully saturated rings. The quantitative estimate of drug-likeness (QED) is 0.145. The van der Waals surface area contributed by atoms with Gasteiger partial charge in [-0.1, -0.05) is 18.7 Å². The number of ether oxygens (including phenoxy) is 2. The Morgan fingerprint density at radius 3 is 2.78 bits per heavy atom. The molecular weight excluding hydrogens is 608 g/mol. The van der Waals surface area contributed by atoms with Crippen LogP contribution in [0.15, 0.2) is 66.7 Å². The molecule has 0 radical (unpaired) electrons. The Hall–Kier alpha value is -4.51. The molecule has 10 heteroatoms. The van der Waals surface area contributed by atoms with Crippen LogP contribution in [-0.2, 0) is 28.9 Å². The highest BCUT2D eigenvalue weighted by molar-refractivity contribution is 7.18. The summed E-state index contributed by atoms with van der Waals surface area (Å²) in [6.07, 6.45) is 4.55. The monoisotopic (exact) mass is 639 g/mol. The number of amides is 1. The number of rotatable bonds is 8. The number of aryl methyl sites for hydroxylation is 1. The fourth-order valence-electron chi connectivity index (χ4n) is 6.43. The van der Waals surface area contributed by atoms with Crippen molar-refractivity contribution in [3.63, 3.8) is 0 Å². The molecule has 2 aliphatic rings. The Bertz CT molecular complexity index is 2010. The van der Waals surface area contributed by atoms with Gasteiger partial charge in [-0.05, 0) is 59.2 Å². The van der Waals surface area contributed by atoms with Gasteiger partial charge in [0.2, 0.25) is 5.91 Å². The van der Waals surface area contributed by atoms with Crippen molar-refractivity contribution in [2.45, 2.75) is 31.9 Å². The molecule has 0 bridgehead atoms. The van der Waals surface area contributed by atoms with Crippen molar-refractivity contribution in [3.05, 3.63) is 101 Å². The zero-order chi connectivity index (χ0) is 31.9. The molecule has 1 aliphatic carbocycles. The van der Waals surface area contributed by atoms with Crippen molar-refractivity contribution >= 4 is 27.3 Å². The van der Waals surface area contributed by atoms with Crippen LogP contribution in [0.3, 0.4) is 0 Å². The zero-order valence-electron chi connectivity index (χ0n) is 25.2. The van der Waals surface area contributed by atoms with E-state index in [0.717, 1.165) is 50.5 Å². The van der Waals surface area contributed by atoms with Crippen LogP contribution in [0.25, 0.3) is 43.7 Å². The third-order valence-corrected chi connectivity index (χ3v) is 9.62. The van der Waals surface area contributed by atoms with Crippen molar-refractivity contribution in [3.8, 4) is 39.4 Å². The number of hydrogen-bond acceptors (Lipinski definition) is 7. The molecule has 1 N–H and O–H groups in total. The van der Waals surface area contributed by atoms with Crippen molar-refractivity contribution in [1.82, 2.24) is 14.9 Å². The molecule has 46 heavy (non-hydrogen) atoms. The average molecular weight is 640 g/mol. The maximum absolute atomic E-state index is 16.0. The van der Waals surface area contributed by atoms with E-state index in [2.05, 4.69) is 6.58 Å². The predicted molar refractivity (Wildman–Crippen MR) is 174 cm³/mol. The van der Waals surface area contributed by atoms with Gasteiger partial charge in [-0.25, -0.2) is 13.8 Å². The topological polar surface area (TPSA) is 84.8 Å². The second-order valence-corrected chi connectivity index (χ2v) is 12.4. The van der Waals surface area contributed by atoms with Crippen LogP contribution in [0.4, 0.5) is 8.78 Å². The van der Waals surface area contributed by atoms with Gasteiger partial charge in [0.1, 0.15) is 24.0 Å². The number of carbonyl (C=O) groups excluding carboxylic acids is 1. The van der Waals surface area contributed by atoms with Crippen LogP contribution in [0.2, 0.25) is 0 Å². The fourth-order valence-corrected chi connectivity index (χ4v) is 7.38. The first-order chi connectivity index (χ1) is 22.4. The summed E-state index contributed by atoms with van der Waals surface area (Å²) >= 11 is 1.42. The molecule has 1 amide bonds. The Balaban J connectivity index is 1.49. The highest BCUT2D eigenvalue weighted by atomic mass is 32.1. The Morgan fingerprint density at radius 2 is 1.96 bits per heavy atom. The lowest BCUT2D eigenvalue weighted by atomic mass is 9.93. The smallest absolute Gasteiger partial charge is 0.246 e. The zero-order valence-corrected chi connectivity index (χ0v) is 26.0. The molecule has 0 spiro atoms. The number of benzene rings is 2. The molecule has 1 atom stereocenters. The van der Waals surface area contributed by atoms with Gasteiger partial charge in [-0.2, -0.15) is 0 Å². The Kier molecular flexibility index (Phi) is 8.10. The maximum Gasteiger partial charge on any atom is 0.246 e. The van der Waals surface area contributed by atoms with Gasteiger partial charge in [0.25, 0.3) is 0 Å². The molecule has 7 rings (SSSR count). The Morgan fingerprint density at radius 1 is 1.09 bits per heavy atom. The minimum Gasteiger partial charge on any atom is -0.490 e. The number of aliphatic hydroxyl groups excluding tert-OH is 1. The first kappa shape index (κ1) is 30.2. The largest absolute Gasteiger partial charge is 0.490 e. The molecule has 234 valence electrons. The maximum atomic E-state index is 16.0. The van der Waals surface area contributed by atoms with Crippen molar-refractivity contribution < 1.29 is 28.2 Å². The SMILES string of the molecule is C=CC(=O)N1CCc2ncc(-c3nc(-c4ccc5c(c4)C(O)CC5)c4ccsc4c3-c3c(F)cc(F)cc3OCCOC)cc2C1. The van der Waals surface area contributed by atoms with Crippen LogP contribution >= 0.6 is 11.3 Å². The van der Waals surface area contributed by atoms with E-state index < -0.39 is 17.7 Å². The van der Waals surface area contributed by atoms with Gasteiger partial charge >= 0.3 is 0 Å². The number of carbonyl (C=O) groups is 1. The van der Waals surface area contributed by atoms with Crippen LogP contribution in [0.5, 0.6) is 5.75 Å². The van der Waals surface area contributed by atoms with Gasteiger partial charge in [-0.3, -0.25) is 9.78 Å². The number of aromatic nitrogens is 2. The van der Waals surface area contributed by atoms with Crippen LogP contribution in [-0.4, -0.2) is 52.7 Å². The lowest BCUT2D eigenvalue weighted by Gasteiger charge is -2.27. The van der Waals surface area contributed by atoms with E-state index in [4.69, 9.17) is 19.4 Å². The van der Waals surface area contributed by atoms with Gasteiger partial charge in [-0.15, -0.1) is 11.3 Å². The predicted octanol–water partition coefficient (Wildman–Crippen LogP) is 7.05. The summed E-state index contributed by atoms with van der Waals surface area (Å²) in [4.78, 5) is 24.1. The van der Waals surface area contributed by atoms with E-state index in [1.165, 1.54) is 30.6 Å². The highest BCUT2D eigenvalue weighted by Crippen LogP contribution is 2.48. The van der Waals surface area contributed by atoms with E-state index in [-0.39, 0.29) is 30.4 Å². The summed E-state index contributed by atoms with van der Waals surface area (Å²) in [7, 11) is 1.52. The average Bonchev–Trinajstić information content (AvgIpc) is 3.70. The highest BCUT2D eigenvalue weighted by Gasteiger charge is 2.28. The van der Waals surface area contributed by atoms with Gasteiger partial charge in [0, 0.05) is 77.4 Å². The number of hydrogen-bond donors (Lipinski definition) is 1. The number of fused-ring (bicyclic) bond motifs is 3. The molecule has 2 aromatic carbocycles. The lowest BCUT2D eigenvalue weighted by molar-refractivity contribution is -0.126. The first-order valence-corrected chi connectivity index (χ1v) is 16.0. The number of methoxy groups -OCH3 is 1. The van der Waals surface area contributed by atoms with Crippen molar-refractivity contribution in [2.24, 2.45) is 0 Å². The summed E-state index contributed by atoms with van der Waals surface area (Å²) in [6, 6.07) is 11.9. The molecule has 0 saturated heterocycles. The second-order valence-electron chi connectivity index (χ2n) is 11.5. The second kappa shape index (κ2) is 12.4. The molecule has 0 saturated carbocycles. The number of thiophene rings is 1. The standard InChI is InChI=1S/C36H31F2N3O4S/c1-3-31(43)41-10-8-28-23(19-41)14-22(18-39-28)35-33(32-27(38)16-24(37)17-30(32)45-12-11-44-2)36-25(9-13-46-36)34(40-35)21-5-4-20-6-7-29(42)26(20)15-21/h3-5,9,13-18,29,42H,1,6-8,10-12,19H2,2H3. The van der Waals surface area contributed by atoms with Crippen LogP contribution < -0.4 is 4.74 Å². The number of halogens is 2. The molecular formula is C36H31F2N3O4S. The van der Waals surface area contributed by atoms with E-state index in [1.54, 1.807) is 11.1 Å². The summed E-state index contributed by atoms with van der Waals surface area (Å²) in [5.41, 5.74) is 6.81. The Labute approximate surface area is 268 Å². The van der Waals surface area contributed by atoms with Gasteiger partial charge in [0.15, 0.2) is 0 Å². The van der Waals surface area contributed by atoms with E-state index in [1.807, 2.05) is 35.7 Å². The fraction of sp³-hybridized carbons (Fsp3) is 0.250.